The van der Waals surface area contributed by atoms with Crippen molar-refractivity contribution in [1.29, 1.82) is 0 Å². The minimum atomic E-state index is 0.378. The Hall–Kier alpha value is -2.30. The van der Waals surface area contributed by atoms with Crippen LogP contribution in [-0.4, -0.2) is 22.6 Å². The summed E-state index contributed by atoms with van der Waals surface area (Å²) >= 11 is 0. The van der Waals surface area contributed by atoms with Gasteiger partial charge in [0.15, 0.2) is 0 Å². The fourth-order valence-corrected chi connectivity index (χ4v) is 1.85. The van der Waals surface area contributed by atoms with Crippen LogP contribution >= 0.6 is 0 Å². The van der Waals surface area contributed by atoms with E-state index in [1.165, 1.54) is 0 Å². The van der Waals surface area contributed by atoms with E-state index in [-0.39, 0.29) is 0 Å². The van der Waals surface area contributed by atoms with Crippen molar-refractivity contribution in [2.24, 2.45) is 0 Å². The molecule has 2 N–H and O–H groups in total. The molecule has 5 heteroatoms. The summed E-state index contributed by atoms with van der Waals surface area (Å²) in [6, 6.07) is 10.1. The topological polar surface area (TPSA) is 59.1 Å². The van der Waals surface area contributed by atoms with Crippen LogP contribution in [0, 0.1) is 0 Å². The summed E-state index contributed by atoms with van der Waals surface area (Å²) in [4.78, 5) is 8.49. The zero-order valence-corrected chi connectivity index (χ0v) is 12.8. The number of hydrogen-bond donors (Lipinski definition) is 2. The molecule has 5 nitrogen and oxygen atoms in total. The van der Waals surface area contributed by atoms with E-state index in [9.17, 15) is 0 Å². The highest BCUT2D eigenvalue weighted by Gasteiger charge is 2.06. The molecule has 0 radical (unpaired) electrons. The standard InChI is InChI=1S/C16H22N4O/c1-4-12(3)19-15-10-16(18-11-17-15)20-13-8-6-7-9-14(13)21-5-2/h6-12H,4-5H2,1-3H3,(H2,17,18,19,20). The van der Waals surface area contributed by atoms with Crippen molar-refractivity contribution in [3.8, 4) is 5.75 Å². The van der Waals surface area contributed by atoms with Crippen LogP contribution in [0.15, 0.2) is 36.7 Å². The number of ether oxygens (including phenoxy) is 1. The van der Waals surface area contributed by atoms with Gasteiger partial charge in [-0.2, -0.15) is 0 Å². The second kappa shape index (κ2) is 7.47. The molecule has 1 heterocycles. The third-order valence-electron chi connectivity index (χ3n) is 3.12. The largest absolute Gasteiger partial charge is 0.492 e. The lowest BCUT2D eigenvalue weighted by Gasteiger charge is -2.14. The molecule has 1 unspecified atom stereocenters. The van der Waals surface area contributed by atoms with Gasteiger partial charge in [-0.1, -0.05) is 19.1 Å². The maximum atomic E-state index is 5.60. The van der Waals surface area contributed by atoms with Gasteiger partial charge < -0.3 is 15.4 Å². The molecule has 1 aromatic carbocycles. The highest BCUT2D eigenvalue weighted by molar-refractivity contribution is 5.65. The average molecular weight is 286 g/mol. The molecule has 2 rings (SSSR count). The zero-order chi connectivity index (χ0) is 15.1. The lowest BCUT2D eigenvalue weighted by molar-refractivity contribution is 0.342. The highest BCUT2D eigenvalue weighted by atomic mass is 16.5. The van der Waals surface area contributed by atoms with Gasteiger partial charge in [0.2, 0.25) is 0 Å². The third kappa shape index (κ3) is 4.34. The first-order valence-corrected chi connectivity index (χ1v) is 7.30. The molecule has 0 bridgehead atoms. The molecule has 0 aliphatic heterocycles. The van der Waals surface area contributed by atoms with Gasteiger partial charge in [0.1, 0.15) is 23.7 Å². The van der Waals surface area contributed by atoms with Crippen molar-refractivity contribution in [2.75, 3.05) is 17.2 Å². The minimum absolute atomic E-state index is 0.378. The van der Waals surface area contributed by atoms with Crippen molar-refractivity contribution in [1.82, 2.24) is 9.97 Å². The van der Waals surface area contributed by atoms with Gasteiger partial charge in [0.25, 0.3) is 0 Å². The smallest absolute Gasteiger partial charge is 0.142 e. The van der Waals surface area contributed by atoms with Crippen molar-refractivity contribution >= 4 is 17.3 Å². The van der Waals surface area contributed by atoms with Crippen LogP contribution in [0.5, 0.6) is 5.75 Å². The summed E-state index contributed by atoms with van der Waals surface area (Å²) in [5, 5.41) is 6.61. The van der Waals surface area contributed by atoms with Crippen LogP contribution in [0.2, 0.25) is 0 Å². The predicted octanol–water partition coefficient (Wildman–Crippen LogP) is 3.83. The zero-order valence-electron chi connectivity index (χ0n) is 12.8. The van der Waals surface area contributed by atoms with E-state index in [1.54, 1.807) is 6.33 Å². The first-order valence-electron chi connectivity index (χ1n) is 7.30. The molecule has 0 aliphatic carbocycles. The van der Waals surface area contributed by atoms with Crippen LogP contribution in [0.1, 0.15) is 27.2 Å². The first kappa shape index (κ1) is 15.1. The summed E-state index contributed by atoms with van der Waals surface area (Å²) in [6.07, 6.45) is 2.59. The molecule has 21 heavy (non-hydrogen) atoms. The number of benzene rings is 1. The number of rotatable bonds is 7. The minimum Gasteiger partial charge on any atom is -0.492 e. The lowest BCUT2D eigenvalue weighted by atomic mass is 10.2. The van der Waals surface area contributed by atoms with E-state index in [0.717, 1.165) is 29.5 Å². The number of anilines is 3. The van der Waals surface area contributed by atoms with Crippen LogP contribution in [-0.2, 0) is 0 Å². The van der Waals surface area contributed by atoms with Gasteiger partial charge in [-0.15, -0.1) is 0 Å². The van der Waals surface area contributed by atoms with Crippen molar-refractivity contribution < 1.29 is 4.74 Å². The average Bonchev–Trinajstić information content (AvgIpc) is 2.50. The molecule has 0 aliphatic rings. The summed E-state index contributed by atoms with van der Waals surface area (Å²) < 4.78 is 5.60. The Labute approximate surface area is 125 Å². The fraction of sp³-hybridized carbons (Fsp3) is 0.375. The molecular weight excluding hydrogens is 264 g/mol. The molecule has 0 fully saturated rings. The third-order valence-corrected chi connectivity index (χ3v) is 3.12. The molecule has 1 atom stereocenters. The van der Waals surface area contributed by atoms with Gasteiger partial charge in [-0.25, -0.2) is 9.97 Å². The number of nitrogens with zero attached hydrogens (tertiary/aromatic N) is 2. The second-order valence-corrected chi connectivity index (χ2v) is 4.80. The molecule has 0 spiro atoms. The van der Waals surface area contributed by atoms with Crippen molar-refractivity contribution in [3.63, 3.8) is 0 Å². The Morgan fingerprint density at radius 1 is 1.14 bits per heavy atom. The second-order valence-electron chi connectivity index (χ2n) is 4.80. The number of nitrogens with one attached hydrogen (secondary N) is 2. The van der Waals surface area contributed by atoms with Gasteiger partial charge in [0, 0.05) is 12.1 Å². The quantitative estimate of drug-likeness (QED) is 0.810. The van der Waals surface area contributed by atoms with E-state index in [1.807, 2.05) is 37.3 Å². The monoisotopic (exact) mass is 286 g/mol. The molecule has 2 aromatic rings. The molecule has 0 amide bonds. The Morgan fingerprint density at radius 3 is 2.67 bits per heavy atom. The van der Waals surface area contributed by atoms with E-state index in [0.29, 0.717) is 12.6 Å². The van der Waals surface area contributed by atoms with Crippen LogP contribution in [0.25, 0.3) is 0 Å². The summed E-state index contributed by atoms with van der Waals surface area (Å²) in [5.41, 5.74) is 0.896. The lowest BCUT2D eigenvalue weighted by Crippen LogP contribution is -2.14. The molecular formula is C16H22N4O. The van der Waals surface area contributed by atoms with Crippen LogP contribution in [0.4, 0.5) is 17.3 Å². The summed E-state index contributed by atoms with van der Waals surface area (Å²) in [6.45, 7) is 6.86. The Kier molecular flexibility index (Phi) is 5.37. The number of aromatic nitrogens is 2. The SMILES string of the molecule is CCOc1ccccc1Nc1cc(NC(C)CC)ncn1. The molecule has 0 saturated heterocycles. The Balaban J connectivity index is 2.14. The fourth-order valence-electron chi connectivity index (χ4n) is 1.85. The predicted molar refractivity (Wildman–Crippen MR) is 86.3 cm³/mol. The van der Waals surface area contributed by atoms with E-state index in [4.69, 9.17) is 4.74 Å². The highest BCUT2D eigenvalue weighted by Crippen LogP contribution is 2.27. The molecule has 0 saturated carbocycles. The molecule has 112 valence electrons. The first-order chi connectivity index (χ1) is 10.2. The van der Waals surface area contributed by atoms with E-state index in [2.05, 4.69) is 34.4 Å². The van der Waals surface area contributed by atoms with E-state index < -0.39 is 0 Å². The number of para-hydroxylation sites is 2. The van der Waals surface area contributed by atoms with Crippen LogP contribution < -0.4 is 15.4 Å². The Bertz CT molecular complexity index is 574. The maximum Gasteiger partial charge on any atom is 0.142 e. The summed E-state index contributed by atoms with van der Waals surface area (Å²) in [7, 11) is 0. The van der Waals surface area contributed by atoms with Crippen molar-refractivity contribution in [2.45, 2.75) is 33.2 Å². The van der Waals surface area contributed by atoms with Crippen LogP contribution in [0.3, 0.4) is 0 Å². The van der Waals surface area contributed by atoms with Crippen molar-refractivity contribution in [3.05, 3.63) is 36.7 Å². The van der Waals surface area contributed by atoms with E-state index >= 15 is 0 Å². The van der Waals surface area contributed by atoms with Gasteiger partial charge in [-0.3, -0.25) is 0 Å². The normalized spacial score (nSPS) is 11.8. The van der Waals surface area contributed by atoms with Gasteiger partial charge in [0.05, 0.1) is 12.3 Å². The Morgan fingerprint density at radius 2 is 1.90 bits per heavy atom. The maximum absolute atomic E-state index is 5.60. The molecule has 1 aromatic heterocycles. The number of hydrogen-bond acceptors (Lipinski definition) is 5. The van der Waals surface area contributed by atoms with Gasteiger partial charge in [-0.05, 0) is 32.4 Å². The van der Waals surface area contributed by atoms with Gasteiger partial charge >= 0.3 is 0 Å². The summed E-state index contributed by atoms with van der Waals surface area (Å²) in [5.74, 6) is 2.37.